The van der Waals surface area contributed by atoms with E-state index >= 15 is 0 Å². The maximum atomic E-state index is 6.35. The van der Waals surface area contributed by atoms with Gasteiger partial charge in [0, 0.05) is 36.6 Å². The molecule has 4 aromatic rings. The molecule has 0 saturated carbocycles. The van der Waals surface area contributed by atoms with Crippen LogP contribution in [-0.4, -0.2) is 26.3 Å². The SMILES string of the molecule is CCCCOc1ccc(N=Nc2ccc(NCCNc3ccc(N=Nc4ccc(OCCCC)cc4Cl)cc3)cc2)c(Cl)c1. The van der Waals surface area contributed by atoms with E-state index in [4.69, 9.17) is 32.7 Å². The fourth-order valence-corrected chi connectivity index (χ4v) is 4.33. The van der Waals surface area contributed by atoms with Crippen molar-refractivity contribution in [3.63, 3.8) is 0 Å². The summed E-state index contributed by atoms with van der Waals surface area (Å²) in [6, 6.07) is 26.4. The van der Waals surface area contributed by atoms with Crippen LogP contribution < -0.4 is 20.1 Å². The quantitative estimate of drug-likeness (QED) is 0.0894. The van der Waals surface area contributed by atoms with Gasteiger partial charge in [0.15, 0.2) is 0 Å². The molecule has 0 aliphatic rings. The Labute approximate surface area is 269 Å². The number of hydrogen-bond acceptors (Lipinski definition) is 8. The highest BCUT2D eigenvalue weighted by atomic mass is 35.5. The Kier molecular flexibility index (Phi) is 13.3. The molecule has 0 spiro atoms. The van der Waals surface area contributed by atoms with Crippen molar-refractivity contribution < 1.29 is 9.47 Å². The number of hydrogen-bond donors (Lipinski definition) is 2. The van der Waals surface area contributed by atoms with Gasteiger partial charge in [0.25, 0.3) is 0 Å². The molecule has 0 aromatic heterocycles. The average Bonchev–Trinajstić information content (AvgIpc) is 3.04. The minimum absolute atomic E-state index is 0.507. The predicted octanol–water partition coefficient (Wildman–Crippen LogP) is 11.7. The van der Waals surface area contributed by atoms with E-state index in [2.05, 4.69) is 44.9 Å². The third-order valence-corrected chi connectivity index (χ3v) is 7.04. The van der Waals surface area contributed by atoms with Gasteiger partial charge in [-0.1, -0.05) is 49.9 Å². The first-order chi connectivity index (χ1) is 21.5. The van der Waals surface area contributed by atoms with Gasteiger partial charge in [0.1, 0.15) is 22.9 Å². The van der Waals surface area contributed by atoms with Crippen LogP contribution in [0.15, 0.2) is 105 Å². The summed E-state index contributed by atoms with van der Waals surface area (Å²) in [5, 5.41) is 25.0. The maximum Gasteiger partial charge on any atom is 0.120 e. The van der Waals surface area contributed by atoms with Gasteiger partial charge in [-0.3, -0.25) is 0 Å². The highest BCUT2D eigenvalue weighted by Gasteiger charge is 2.04. The normalized spacial score (nSPS) is 11.3. The van der Waals surface area contributed by atoms with Crippen LogP contribution in [0.2, 0.25) is 10.0 Å². The Balaban J connectivity index is 1.18. The van der Waals surface area contributed by atoms with E-state index < -0.39 is 0 Å². The van der Waals surface area contributed by atoms with E-state index in [1.165, 1.54) is 0 Å². The lowest BCUT2D eigenvalue weighted by Crippen LogP contribution is -2.13. The summed E-state index contributed by atoms with van der Waals surface area (Å²) in [5.74, 6) is 1.48. The molecule has 0 atom stereocenters. The molecule has 44 heavy (non-hydrogen) atoms. The van der Waals surface area contributed by atoms with Crippen molar-refractivity contribution in [2.24, 2.45) is 20.5 Å². The Morgan fingerprint density at radius 1 is 0.545 bits per heavy atom. The van der Waals surface area contributed by atoms with Crippen molar-refractivity contribution in [1.82, 2.24) is 0 Å². The molecule has 0 fully saturated rings. The monoisotopic (exact) mass is 632 g/mol. The van der Waals surface area contributed by atoms with E-state index in [-0.39, 0.29) is 0 Å². The summed E-state index contributed by atoms with van der Waals surface area (Å²) >= 11 is 12.7. The van der Waals surface area contributed by atoms with Gasteiger partial charge in [0.2, 0.25) is 0 Å². The molecular formula is C34H38Cl2N6O2. The topological polar surface area (TPSA) is 92.0 Å². The number of unbranched alkanes of at least 4 members (excludes halogenated alkanes) is 2. The Bertz CT molecular complexity index is 1400. The molecule has 0 saturated heterocycles. The Morgan fingerprint density at radius 2 is 0.955 bits per heavy atom. The van der Waals surface area contributed by atoms with E-state index in [0.717, 1.165) is 73.0 Å². The van der Waals surface area contributed by atoms with Crippen molar-refractivity contribution in [1.29, 1.82) is 0 Å². The number of benzene rings is 4. The number of nitrogens with zero attached hydrogens (tertiary/aromatic N) is 4. The smallest absolute Gasteiger partial charge is 0.120 e. The molecule has 10 heteroatoms. The molecule has 230 valence electrons. The van der Waals surface area contributed by atoms with Crippen LogP contribution in [0.3, 0.4) is 0 Å². The van der Waals surface area contributed by atoms with Crippen LogP contribution in [0, 0.1) is 0 Å². The first-order valence-corrected chi connectivity index (χ1v) is 15.7. The largest absolute Gasteiger partial charge is 0.494 e. The standard InChI is InChI=1S/C34H38Cl2N6O2/c1-3-5-21-43-29-15-17-33(31(35)23-29)41-39-27-11-7-25(8-12-27)37-19-20-38-26-9-13-28(14-10-26)40-42-34-18-16-30(24-32(34)36)44-22-6-4-2/h7-18,23-24,37-38H,3-6,19-22H2,1-2H3. The molecule has 0 amide bonds. The van der Waals surface area contributed by atoms with Crippen LogP contribution in [0.5, 0.6) is 11.5 Å². The second-order valence-corrected chi connectivity index (χ2v) is 10.8. The maximum absolute atomic E-state index is 6.35. The third kappa shape index (κ3) is 10.8. The number of anilines is 2. The van der Waals surface area contributed by atoms with Crippen molar-refractivity contribution in [3.05, 3.63) is 95.0 Å². The number of nitrogens with one attached hydrogen (secondary N) is 2. The zero-order valence-corrected chi connectivity index (χ0v) is 26.6. The van der Waals surface area contributed by atoms with Crippen molar-refractivity contribution in [3.8, 4) is 11.5 Å². The van der Waals surface area contributed by atoms with Crippen molar-refractivity contribution in [2.45, 2.75) is 39.5 Å². The van der Waals surface area contributed by atoms with E-state index in [9.17, 15) is 0 Å². The minimum atomic E-state index is 0.507. The van der Waals surface area contributed by atoms with Gasteiger partial charge in [-0.15, -0.1) is 10.2 Å². The van der Waals surface area contributed by atoms with Crippen LogP contribution in [0.25, 0.3) is 0 Å². The fourth-order valence-electron chi connectivity index (χ4n) is 3.91. The summed E-state index contributed by atoms with van der Waals surface area (Å²) < 4.78 is 11.4. The summed E-state index contributed by atoms with van der Waals surface area (Å²) in [6.07, 6.45) is 4.18. The molecule has 0 radical (unpaired) electrons. The van der Waals surface area contributed by atoms with Gasteiger partial charge in [-0.05, 0) is 85.6 Å². The molecule has 0 bridgehead atoms. The predicted molar refractivity (Wildman–Crippen MR) is 182 cm³/mol. The molecule has 4 aromatic carbocycles. The second-order valence-electron chi connectivity index (χ2n) is 9.98. The third-order valence-electron chi connectivity index (χ3n) is 6.44. The second kappa shape index (κ2) is 17.9. The fraction of sp³-hybridized carbons (Fsp3) is 0.294. The van der Waals surface area contributed by atoms with Crippen LogP contribution in [0.1, 0.15) is 39.5 Å². The van der Waals surface area contributed by atoms with E-state index in [1.807, 2.05) is 72.8 Å². The molecule has 0 unspecified atom stereocenters. The molecule has 0 heterocycles. The number of ether oxygens (including phenoxy) is 2. The van der Waals surface area contributed by atoms with Gasteiger partial charge < -0.3 is 20.1 Å². The van der Waals surface area contributed by atoms with E-state index in [0.29, 0.717) is 34.6 Å². The zero-order chi connectivity index (χ0) is 31.0. The highest BCUT2D eigenvalue weighted by molar-refractivity contribution is 6.33. The van der Waals surface area contributed by atoms with Crippen molar-refractivity contribution in [2.75, 3.05) is 36.9 Å². The molecule has 0 aliphatic carbocycles. The average molecular weight is 634 g/mol. The summed E-state index contributed by atoms with van der Waals surface area (Å²) in [5.41, 5.74) is 4.66. The van der Waals surface area contributed by atoms with Gasteiger partial charge in [-0.25, -0.2) is 0 Å². The number of azo groups is 2. The first kappa shape index (κ1) is 32.8. The molecule has 8 nitrogen and oxygen atoms in total. The van der Waals surface area contributed by atoms with Crippen LogP contribution >= 0.6 is 23.2 Å². The summed E-state index contributed by atoms with van der Waals surface area (Å²) in [7, 11) is 0. The highest BCUT2D eigenvalue weighted by Crippen LogP contribution is 2.32. The van der Waals surface area contributed by atoms with Crippen LogP contribution in [-0.2, 0) is 0 Å². The summed E-state index contributed by atoms with van der Waals surface area (Å²) in [4.78, 5) is 0. The lowest BCUT2D eigenvalue weighted by atomic mass is 10.2. The van der Waals surface area contributed by atoms with Crippen molar-refractivity contribution >= 4 is 57.3 Å². The lowest BCUT2D eigenvalue weighted by molar-refractivity contribution is 0.309. The number of halogens is 2. The van der Waals surface area contributed by atoms with Gasteiger partial charge in [0.05, 0.1) is 34.6 Å². The van der Waals surface area contributed by atoms with E-state index in [1.54, 1.807) is 12.1 Å². The molecule has 4 rings (SSSR count). The molecule has 0 aliphatic heterocycles. The summed E-state index contributed by atoms with van der Waals surface area (Å²) in [6.45, 7) is 7.08. The first-order valence-electron chi connectivity index (χ1n) is 14.9. The minimum Gasteiger partial charge on any atom is -0.494 e. The number of rotatable bonds is 17. The Hall–Kier alpha value is -4.14. The van der Waals surface area contributed by atoms with Crippen LogP contribution in [0.4, 0.5) is 34.1 Å². The van der Waals surface area contributed by atoms with Gasteiger partial charge in [-0.2, -0.15) is 10.2 Å². The zero-order valence-electron chi connectivity index (χ0n) is 25.1. The van der Waals surface area contributed by atoms with Gasteiger partial charge >= 0.3 is 0 Å². The molecule has 2 N–H and O–H groups in total. The lowest BCUT2D eigenvalue weighted by Gasteiger charge is -2.09. The Morgan fingerprint density at radius 3 is 1.32 bits per heavy atom. The molecular weight excluding hydrogens is 595 g/mol.